The number of nitrogens with zero attached hydrogens (tertiary/aromatic N) is 2. The lowest BCUT2D eigenvalue weighted by Gasteiger charge is -2.34. The summed E-state index contributed by atoms with van der Waals surface area (Å²) in [5.41, 5.74) is 0.633. The highest BCUT2D eigenvalue weighted by molar-refractivity contribution is 6.04. The van der Waals surface area contributed by atoms with E-state index >= 15 is 0 Å². The molecule has 15 nitrogen and oxygen atoms in total. The Morgan fingerprint density at radius 2 is 1.19 bits per heavy atom. The minimum atomic E-state index is -1.03. The maximum Gasteiger partial charge on any atom is 0.412 e. The van der Waals surface area contributed by atoms with E-state index in [1.165, 1.54) is 4.90 Å². The zero-order chi connectivity index (χ0) is 40.7. The third kappa shape index (κ3) is 16.0. The van der Waals surface area contributed by atoms with Crippen LogP contribution in [-0.4, -0.2) is 128 Å². The smallest absolute Gasteiger partial charge is 0.412 e. The van der Waals surface area contributed by atoms with E-state index in [1.807, 2.05) is 57.2 Å². The molecule has 0 spiro atoms. The molecule has 2 N–H and O–H groups in total. The van der Waals surface area contributed by atoms with E-state index < -0.39 is 11.6 Å². The molecule has 0 saturated carbocycles. The summed E-state index contributed by atoms with van der Waals surface area (Å²) >= 11 is 0. The molecule has 3 aromatic carbocycles. The Morgan fingerprint density at radius 1 is 0.649 bits per heavy atom. The number of fused-ring (bicyclic) bond motifs is 1. The zero-order valence-electron chi connectivity index (χ0n) is 33.7. The van der Waals surface area contributed by atoms with Crippen molar-refractivity contribution in [3.63, 3.8) is 0 Å². The van der Waals surface area contributed by atoms with Gasteiger partial charge in [-0.25, -0.2) is 9.78 Å². The number of benzene rings is 3. The molecule has 4 aromatic rings. The largest absolute Gasteiger partial charge is 0.497 e. The molecule has 312 valence electrons. The Bertz CT molecular complexity index is 1770. The van der Waals surface area contributed by atoms with Gasteiger partial charge in [0.25, 0.3) is 0 Å². The summed E-state index contributed by atoms with van der Waals surface area (Å²) < 4.78 is 55.7. The molecular weight excluding hydrogens is 738 g/mol. The number of rotatable bonds is 28. The lowest BCUT2D eigenvalue weighted by atomic mass is 10.0. The molecule has 1 heterocycles. The van der Waals surface area contributed by atoms with Crippen LogP contribution in [0, 0.1) is 0 Å². The number of nitrogens with one attached hydrogen (secondary N) is 1. The summed E-state index contributed by atoms with van der Waals surface area (Å²) in [6.07, 6.45) is 0.615. The van der Waals surface area contributed by atoms with Gasteiger partial charge in [-0.05, 0) is 39.0 Å². The number of hydrogen-bond donors (Lipinski definition) is 2. The molecule has 0 aliphatic rings. The SMILES string of the molecule is COCCOCCOCCOCCOCCOCCOCCOc1cc(Nc2cc(Oc3ccc(N(C(=O)O)C(C)(C)C)c4ccccc34)ccn2)cc(OC)c1. The number of ether oxygens (including phenoxy) is 10. The fraction of sp³-hybridized carbons (Fsp3) is 0.476. The van der Waals surface area contributed by atoms with Crippen LogP contribution in [0.4, 0.5) is 22.0 Å². The number of amides is 1. The summed E-state index contributed by atoms with van der Waals surface area (Å²) in [4.78, 5) is 18.1. The molecule has 0 fully saturated rings. The van der Waals surface area contributed by atoms with Crippen LogP contribution in [0.25, 0.3) is 10.8 Å². The van der Waals surface area contributed by atoms with Crippen molar-refractivity contribution in [3.05, 3.63) is 72.9 Å². The van der Waals surface area contributed by atoms with Crippen LogP contribution in [0.2, 0.25) is 0 Å². The van der Waals surface area contributed by atoms with Gasteiger partial charge in [-0.3, -0.25) is 4.90 Å². The number of pyridine rings is 1. The van der Waals surface area contributed by atoms with E-state index in [1.54, 1.807) is 50.7 Å². The molecule has 0 radical (unpaired) electrons. The lowest BCUT2D eigenvalue weighted by molar-refractivity contribution is -0.0199. The van der Waals surface area contributed by atoms with Crippen molar-refractivity contribution in [2.45, 2.75) is 26.3 Å². The van der Waals surface area contributed by atoms with Gasteiger partial charge in [-0.2, -0.15) is 0 Å². The predicted octanol–water partition coefficient (Wildman–Crippen LogP) is 7.19. The monoisotopic (exact) mass is 795 g/mol. The molecule has 1 aromatic heterocycles. The van der Waals surface area contributed by atoms with Crippen LogP contribution in [-0.2, 0) is 33.2 Å². The Kier molecular flexibility index (Phi) is 19.6. The van der Waals surface area contributed by atoms with Crippen LogP contribution in [0.1, 0.15) is 20.8 Å². The van der Waals surface area contributed by atoms with E-state index in [-0.39, 0.29) is 0 Å². The van der Waals surface area contributed by atoms with E-state index in [2.05, 4.69) is 10.3 Å². The second-order valence-corrected chi connectivity index (χ2v) is 13.4. The minimum Gasteiger partial charge on any atom is -0.497 e. The Morgan fingerprint density at radius 3 is 1.74 bits per heavy atom. The van der Waals surface area contributed by atoms with Gasteiger partial charge < -0.3 is 57.8 Å². The molecule has 0 atom stereocenters. The predicted molar refractivity (Wildman–Crippen MR) is 217 cm³/mol. The molecule has 57 heavy (non-hydrogen) atoms. The van der Waals surface area contributed by atoms with E-state index in [0.29, 0.717) is 133 Å². The van der Waals surface area contributed by atoms with Crippen molar-refractivity contribution in [1.82, 2.24) is 4.98 Å². The van der Waals surface area contributed by atoms with E-state index in [4.69, 9.17) is 47.4 Å². The molecule has 0 unspecified atom stereocenters. The van der Waals surface area contributed by atoms with Crippen molar-refractivity contribution in [3.8, 4) is 23.0 Å². The number of anilines is 3. The van der Waals surface area contributed by atoms with Crippen LogP contribution < -0.4 is 24.4 Å². The van der Waals surface area contributed by atoms with Gasteiger partial charge in [0, 0.05) is 59.6 Å². The minimum absolute atomic E-state index is 0.331. The van der Waals surface area contributed by atoms with Crippen molar-refractivity contribution in [2.24, 2.45) is 0 Å². The lowest BCUT2D eigenvalue weighted by Crippen LogP contribution is -2.45. The molecule has 0 saturated heterocycles. The Hall–Kier alpha value is -4.74. The van der Waals surface area contributed by atoms with E-state index in [9.17, 15) is 9.90 Å². The normalized spacial score (nSPS) is 11.5. The second-order valence-electron chi connectivity index (χ2n) is 13.4. The fourth-order valence-corrected chi connectivity index (χ4v) is 5.52. The first-order valence-electron chi connectivity index (χ1n) is 18.9. The molecule has 0 aliphatic heterocycles. The van der Waals surface area contributed by atoms with Crippen molar-refractivity contribution >= 4 is 34.1 Å². The summed E-state index contributed by atoms with van der Waals surface area (Å²) in [5, 5.41) is 14.9. The highest BCUT2D eigenvalue weighted by Gasteiger charge is 2.29. The summed E-state index contributed by atoms with van der Waals surface area (Å²) in [6.45, 7) is 12.3. The van der Waals surface area contributed by atoms with Crippen molar-refractivity contribution in [1.29, 1.82) is 0 Å². The van der Waals surface area contributed by atoms with Crippen molar-refractivity contribution < 1.29 is 57.3 Å². The van der Waals surface area contributed by atoms with Gasteiger partial charge in [0.2, 0.25) is 0 Å². The zero-order valence-corrected chi connectivity index (χ0v) is 33.7. The Labute approximate surface area is 335 Å². The van der Waals surface area contributed by atoms with Gasteiger partial charge >= 0.3 is 6.09 Å². The third-order valence-electron chi connectivity index (χ3n) is 8.10. The molecule has 1 amide bonds. The molecule has 0 bridgehead atoms. The number of aromatic nitrogens is 1. The fourth-order valence-electron chi connectivity index (χ4n) is 5.52. The maximum absolute atomic E-state index is 12.3. The van der Waals surface area contributed by atoms with Gasteiger partial charge in [0.05, 0.1) is 98.7 Å². The summed E-state index contributed by atoms with van der Waals surface area (Å²) in [7, 11) is 3.23. The topological polar surface area (TPSA) is 158 Å². The third-order valence-corrected chi connectivity index (χ3v) is 8.10. The van der Waals surface area contributed by atoms with E-state index in [0.717, 1.165) is 10.8 Å². The van der Waals surface area contributed by atoms with Crippen LogP contribution in [0.3, 0.4) is 0 Å². The summed E-state index contributed by atoms with van der Waals surface area (Å²) in [5.74, 6) is 2.86. The average molecular weight is 796 g/mol. The van der Waals surface area contributed by atoms with Crippen LogP contribution in [0.5, 0.6) is 23.0 Å². The van der Waals surface area contributed by atoms with Crippen molar-refractivity contribution in [2.75, 3.05) is 117 Å². The standard InChI is InChI=1S/C42H57N3O12/c1-42(2,3)45(41(46)47)38-10-11-39(37-9-7-6-8-36(37)38)57-33-12-13-43-40(31-33)44-32-28-34(49-5)30-35(29-32)56-27-26-55-25-24-54-23-22-53-21-20-52-19-18-51-17-16-50-15-14-48-4/h6-13,28-31H,14-27H2,1-5H3,(H,43,44)(H,46,47). The number of carbonyl (C=O) groups is 1. The van der Waals surface area contributed by atoms with Gasteiger partial charge in [0.15, 0.2) is 0 Å². The van der Waals surface area contributed by atoms with Gasteiger partial charge in [-0.15, -0.1) is 0 Å². The first-order chi connectivity index (χ1) is 27.7. The first kappa shape index (κ1) is 45.0. The second kappa shape index (κ2) is 24.8. The number of methoxy groups -OCH3 is 2. The molecule has 15 heteroatoms. The first-order valence-corrected chi connectivity index (χ1v) is 18.9. The van der Waals surface area contributed by atoms with Crippen LogP contribution >= 0.6 is 0 Å². The molecule has 4 rings (SSSR count). The Balaban J connectivity index is 1.15. The highest BCUT2D eigenvalue weighted by Crippen LogP contribution is 2.39. The maximum atomic E-state index is 12.3. The van der Waals surface area contributed by atoms with Crippen LogP contribution in [0.15, 0.2) is 72.9 Å². The summed E-state index contributed by atoms with van der Waals surface area (Å²) in [6, 6.07) is 20.1. The number of carboxylic acid groups (broad SMARTS) is 1. The average Bonchev–Trinajstić information content (AvgIpc) is 3.18. The van der Waals surface area contributed by atoms with Gasteiger partial charge in [-0.1, -0.05) is 24.3 Å². The quantitative estimate of drug-likeness (QED) is 0.0557. The molecule has 0 aliphatic carbocycles. The van der Waals surface area contributed by atoms with Gasteiger partial charge in [0.1, 0.15) is 35.4 Å². The highest BCUT2D eigenvalue weighted by atomic mass is 16.6. The number of hydrogen-bond acceptors (Lipinski definition) is 13. The molecular formula is C42H57N3O12.